The first-order valence-corrected chi connectivity index (χ1v) is 6.26. The molecule has 0 saturated carbocycles. The van der Waals surface area contributed by atoms with Crippen LogP contribution in [0.3, 0.4) is 0 Å². The van der Waals surface area contributed by atoms with Gasteiger partial charge in [-0.2, -0.15) is 0 Å². The Morgan fingerprint density at radius 3 is 2.44 bits per heavy atom. The van der Waals surface area contributed by atoms with Gasteiger partial charge in [0.1, 0.15) is 5.82 Å². The smallest absolute Gasteiger partial charge is 0.146 e. The summed E-state index contributed by atoms with van der Waals surface area (Å²) in [5.74, 6) is -0.314. The van der Waals surface area contributed by atoms with Crippen LogP contribution in [-0.4, -0.2) is 0 Å². The molecule has 2 aromatic carbocycles. The average Bonchev–Trinajstić information content (AvgIpc) is 2.32. The van der Waals surface area contributed by atoms with Crippen LogP contribution in [-0.2, 0) is 6.54 Å². The van der Waals surface area contributed by atoms with E-state index in [1.54, 1.807) is 6.07 Å². The van der Waals surface area contributed by atoms with E-state index in [1.807, 2.05) is 25.1 Å². The lowest BCUT2D eigenvalue weighted by molar-refractivity contribution is 0.630. The molecule has 0 unspecified atom stereocenters. The number of halogens is 3. The molecule has 0 aliphatic heterocycles. The Bertz CT molecular complexity index is 570. The molecule has 0 atom stereocenters. The van der Waals surface area contributed by atoms with Crippen LogP contribution < -0.4 is 5.32 Å². The third-order valence-electron chi connectivity index (χ3n) is 2.70. The van der Waals surface area contributed by atoms with Crippen LogP contribution in [0.4, 0.5) is 10.1 Å². The minimum absolute atomic E-state index is 0.314. The maximum Gasteiger partial charge on any atom is 0.146 e. The van der Waals surface area contributed by atoms with E-state index in [-0.39, 0.29) is 5.82 Å². The molecule has 2 rings (SSSR count). The van der Waals surface area contributed by atoms with Gasteiger partial charge in [-0.1, -0.05) is 29.3 Å². The number of hydrogen-bond donors (Lipinski definition) is 1. The van der Waals surface area contributed by atoms with Crippen molar-refractivity contribution in [1.82, 2.24) is 0 Å². The highest BCUT2D eigenvalue weighted by Gasteiger charge is 2.04. The Morgan fingerprint density at radius 1 is 1.06 bits per heavy atom. The molecule has 0 amide bonds. The molecule has 0 radical (unpaired) electrons. The summed E-state index contributed by atoms with van der Waals surface area (Å²) in [6.07, 6.45) is 0. The van der Waals surface area contributed by atoms with Gasteiger partial charge in [-0.25, -0.2) is 4.39 Å². The number of rotatable bonds is 3. The van der Waals surface area contributed by atoms with Crippen LogP contribution in [0.1, 0.15) is 11.1 Å². The molecule has 0 bridgehead atoms. The summed E-state index contributed by atoms with van der Waals surface area (Å²) >= 11 is 11.7. The van der Waals surface area contributed by atoms with Gasteiger partial charge in [0.2, 0.25) is 0 Å². The quantitative estimate of drug-likeness (QED) is 0.831. The van der Waals surface area contributed by atoms with Gasteiger partial charge in [0.25, 0.3) is 0 Å². The number of anilines is 1. The predicted molar refractivity (Wildman–Crippen MR) is 74.9 cm³/mol. The predicted octanol–water partition coefficient (Wildman–Crippen LogP) is 5.05. The van der Waals surface area contributed by atoms with Crippen molar-refractivity contribution in [2.24, 2.45) is 0 Å². The third kappa shape index (κ3) is 3.15. The van der Waals surface area contributed by atoms with E-state index >= 15 is 0 Å². The standard InChI is InChI=1S/C14H12Cl2FN/c1-9-6-11(15)3-2-10(9)8-18-14-7-12(16)4-5-13(14)17/h2-7,18H,8H2,1H3. The van der Waals surface area contributed by atoms with E-state index < -0.39 is 0 Å². The number of hydrogen-bond acceptors (Lipinski definition) is 1. The Labute approximate surface area is 116 Å². The van der Waals surface area contributed by atoms with E-state index in [9.17, 15) is 4.39 Å². The Kier molecular flexibility index (Phi) is 4.10. The first-order valence-electron chi connectivity index (χ1n) is 5.50. The molecule has 18 heavy (non-hydrogen) atoms. The fraction of sp³-hybridized carbons (Fsp3) is 0.143. The topological polar surface area (TPSA) is 12.0 Å². The van der Waals surface area contributed by atoms with E-state index in [0.717, 1.165) is 11.1 Å². The summed E-state index contributed by atoms with van der Waals surface area (Å²) in [5.41, 5.74) is 2.54. The minimum Gasteiger partial charge on any atom is -0.379 e. The lowest BCUT2D eigenvalue weighted by Gasteiger charge is -2.10. The van der Waals surface area contributed by atoms with Gasteiger partial charge in [0, 0.05) is 16.6 Å². The molecule has 2 aromatic rings. The van der Waals surface area contributed by atoms with Crippen molar-refractivity contribution in [3.8, 4) is 0 Å². The average molecular weight is 284 g/mol. The van der Waals surface area contributed by atoms with Gasteiger partial charge in [0.05, 0.1) is 5.69 Å². The van der Waals surface area contributed by atoms with Crippen molar-refractivity contribution in [1.29, 1.82) is 0 Å². The Morgan fingerprint density at radius 2 is 1.72 bits per heavy atom. The van der Waals surface area contributed by atoms with Crippen LogP contribution in [0, 0.1) is 12.7 Å². The molecule has 0 saturated heterocycles. The second-order valence-corrected chi connectivity index (χ2v) is 4.92. The van der Waals surface area contributed by atoms with Crippen molar-refractivity contribution in [2.45, 2.75) is 13.5 Å². The summed E-state index contributed by atoms with van der Waals surface area (Å²) in [5, 5.41) is 4.23. The van der Waals surface area contributed by atoms with Crippen molar-refractivity contribution < 1.29 is 4.39 Å². The zero-order valence-electron chi connectivity index (χ0n) is 9.81. The highest BCUT2D eigenvalue weighted by molar-refractivity contribution is 6.31. The summed E-state index contributed by atoms with van der Waals surface area (Å²) in [4.78, 5) is 0. The van der Waals surface area contributed by atoms with Crippen molar-refractivity contribution in [2.75, 3.05) is 5.32 Å². The highest BCUT2D eigenvalue weighted by atomic mass is 35.5. The van der Waals surface area contributed by atoms with Gasteiger partial charge < -0.3 is 5.32 Å². The lowest BCUT2D eigenvalue weighted by Crippen LogP contribution is -2.03. The molecule has 1 N–H and O–H groups in total. The first kappa shape index (κ1) is 13.2. The third-order valence-corrected chi connectivity index (χ3v) is 3.17. The monoisotopic (exact) mass is 283 g/mol. The maximum absolute atomic E-state index is 13.5. The van der Waals surface area contributed by atoms with Crippen molar-refractivity contribution in [3.63, 3.8) is 0 Å². The van der Waals surface area contributed by atoms with Crippen LogP contribution in [0.25, 0.3) is 0 Å². The summed E-state index contributed by atoms with van der Waals surface area (Å²) < 4.78 is 13.5. The fourth-order valence-electron chi connectivity index (χ4n) is 1.68. The molecule has 0 aliphatic rings. The van der Waals surface area contributed by atoms with Crippen molar-refractivity contribution in [3.05, 3.63) is 63.4 Å². The van der Waals surface area contributed by atoms with Gasteiger partial charge in [-0.05, 0) is 48.4 Å². The molecule has 4 heteroatoms. The largest absolute Gasteiger partial charge is 0.379 e. The highest BCUT2D eigenvalue weighted by Crippen LogP contribution is 2.21. The molecular formula is C14H12Cl2FN. The fourth-order valence-corrected chi connectivity index (χ4v) is 2.08. The normalized spacial score (nSPS) is 10.4. The van der Waals surface area contributed by atoms with Gasteiger partial charge in [-0.3, -0.25) is 0 Å². The Balaban J connectivity index is 2.13. The maximum atomic E-state index is 13.5. The Hall–Kier alpha value is -1.25. The van der Waals surface area contributed by atoms with Gasteiger partial charge in [0.15, 0.2) is 0 Å². The summed E-state index contributed by atoms with van der Waals surface area (Å²) in [7, 11) is 0. The first-order chi connectivity index (χ1) is 8.56. The van der Waals surface area contributed by atoms with E-state index in [4.69, 9.17) is 23.2 Å². The molecule has 0 aromatic heterocycles. The molecule has 0 heterocycles. The molecule has 1 nitrogen and oxygen atoms in total. The van der Waals surface area contributed by atoms with Crippen LogP contribution in [0.5, 0.6) is 0 Å². The number of aryl methyl sites for hydroxylation is 1. The molecular weight excluding hydrogens is 272 g/mol. The minimum atomic E-state index is -0.314. The second kappa shape index (κ2) is 5.59. The summed E-state index contributed by atoms with van der Waals surface area (Å²) in [6, 6.07) is 10.1. The molecule has 0 fully saturated rings. The number of nitrogens with one attached hydrogen (secondary N) is 1. The van der Waals surface area contributed by atoms with Crippen molar-refractivity contribution >= 4 is 28.9 Å². The van der Waals surface area contributed by atoms with Crippen LogP contribution in [0.2, 0.25) is 10.0 Å². The number of benzene rings is 2. The molecule has 94 valence electrons. The van der Waals surface area contributed by atoms with Crippen LogP contribution in [0.15, 0.2) is 36.4 Å². The lowest BCUT2D eigenvalue weighted by atomic mass is 10.1. The summed E-state index contributed by atoms with van der Waals surface area (Å²) in [6.45, 7) is 2.50. The molecule has 0 spiro atoms. The van der Waals surface area contributed by atoms with E-state index in [2.05, 4.69) is 5.32 Å². The second-order valence-electron chi connectivity index (χ2n) is 4.05. The SMILES string of the molecule is Cc1cc(Cl)ccc1CNc1cc(Cl)ccc1F. The van der Waals surface area contributed by atoms with E-state index in [0.29, 0.717) is 22.3 Å². The van der Waals surface area contributed by atoms with Gasteiger partial charge >= 0.3 is 0 Å². The molecule has 0 aliphatic carbocycles. The zero-order valence-corrected chi connectivity index (χ0v) is 11.3. The van der Waals surface area contributed by atoms with Crippen LogP contribution >= 0.6 is 23.2 Å². The van der Waals surface area contributed by atoms with Gasteiger partial charge in [-0.15, -0.1) is 0 Å². The van der Waals surface area contributed by atoms with E-state index in [1.165, 1.54) is 12.1 Å². The zero-order chi connectivity index (χ0) is 13.1.